The molecule has 130 valence electrons. The molecule has 2 aliphatic heterocycles. The number of nitrogens with zero attached hydrogens (tertiary/aromatic N) is 3. The molecule has 0 aliphatic carbocycles. The first-order valence-electron chi connectivity index (χ1n) is 9.03. The number of amidine groups is 1. The fourth-order valence-corrected chi connectivity index (χ4v) is 3.52. The molecule has 0 saturated carbocycles. The van der Waals surface area contributed by atoms with Gasteiger partial charge >= 0.3 is 0 Å². The van der Waals surface area contributed by atoms with Crippen LogP contribution in [0.4, 0.5) is 0 Å². The van der Waals surface area contributed by atoms with Crippen LogP contribution < -0.4 is 0 Å². The third-order valence-corrected chi connectivity index (χ3v) is 4.90. The summed E-state index contributed by atoms with van der Waals surface area (Å²) in [5, 5.41) is 0. The normalized spacial score (nSPS) is 20.8. The second-order valence-corrected chi connectivity index (χ2v) is 7.41. The Morgan fingerprint density at radius 2 is 1.83 bits per heavy atom. The Hall–Kier alpha value is -1.39. The van der Waals surface area contributed by atoms with Gasteiger partial charge in [-0.15, -0.1) is 0 Å². The van der Waals surface area contributed by atoms with Gasteiger partial charge < -0.3 is 4.90 Å². The van der Waals surface area contributed by atoms with Gasteiger partial charge in [0, 0.05) is 31.5 Å². The van der Waals surface area contributed by atoms with E-state index in [1.165, 1.54) is 0 Å². The predicted octanol–water partition coefficient (Wildman–Crippen LogP) is 2.84. The summed E-state index contributed by atoms with van der Waals surface area (Å²) in [5.74, 6) is 1.30. The highest BCUT2D eigenvalue weighted by molar-refractivity contribution is 6.08. The molecule has 2 aliphatic rings. The third kappa shape index (κ3) is 3.43. The summed E-state index contributed by atoms with van der Waals surface area (Å²) in [6.45, 7) is 11.4. The molecule has 0 aromatic carbocycles. The number of rotatable bonds is 5. The maximum atomic E-state index is 13.0. The predicted molar refractivity (Wildman–Crippen MR) is 92.3 cm³/mol. The van der Waals surface area contributed by atoms with E-state index in [9.17, 15) is 9.59 Å². The molecule has 2 amide bonds. The average Bonchev–Trinajstić information content (AvgIpc) is 2.77. The number of carbonyl (C=O) groups excluding carboxylic acids is 2. The number of carbonyl (C=O) groups is 2. The molecule has 1 fully saturated rings. The Bertz CT molecular complexity index is 488. The Morgan fingerprint density at radius 1 is 1.22 bits per heavy atom. The van der Waals surface area contributed by atoms with Crippen LogP contribution in [0.3, 0.4) is 0 Å². The molecule has 1 spiro atoms. The standard InChI is InChI=1S/C18H31N3O2/c1-6-7-8-15-19-18(17(23)21(15)14(4)5)9-11-20(12-10-18)16(22)13(2)3/h13-14H,6-12H2,1-5H3. The van der Waals surface area contributed by atoms with Gasteiger partial charge in [0.05, 0.1) is 0 Å². The van der Waals surface area contributed by atoms with Crippen LogP contribution in [0.1, 0.15) is 66.7 Å². The number of amides is 2. The summed E-state index contributed by atoms with van der Waals surface area (Å²) < 4.78 is 0. The fraction of sp³-hybridized carbons (Fsp3) is 0.833. The summed E-state index contributed by atoms with van der Waals surface area (Å²) in [6.07, 6.45) is 4.34. The minimum absolute atomic E-state index is 0.0131. The van der Waals surface area contributed by atoms with Gasteiger partial charge in [-0.3, -0.25) is 19.5 Å². The molecule has 0 unspecified atom stereocenters. The van der Waals surface area contributed by atoms with Crippen LogP contribution in [0, 0.1) is 5.92 Å². The SMILES string of the molecule is CCCCC1=NC2(CCN(C(=O)C(C)C)CC2)C(=O)N1C(C)C. The molecule has 0 aromatic heterocycles. The van der Waals surface area contributed by atoms with Crippen molar-refractivity contribution >= 4 is 17.6 Å². The summed E-state index contributed by atoms with van der Waals surface area (Å²) in [6, 6.07) is 0.146. The molecule has 2 heterocycles. The highest BCUT2D eigenvalue weighted by Crippen LogP contribution is 2.35. The van der Waals surface area contributed by atoms with Crippen molar-refractivity contribution in [3.63, 3.8) is 0 Å². The summed E-state index contributed by atoms with van der Waals surface area (Å²) in [5.41, 5.74) is -0.610. The second-order valence-electron chi connectivity index (χ2n) is 7.41. The fourth-order valence-electron chi connectivity index (χ4n) is 3.52. The molecule has 5 nitrogen and oxygen atoms in total. The lowest BCUT2D eigenvalue weighted by molar-refractivity contribution is -0.140. The lowest BCUT2D eigenvalue weighted by Crippen LogP contribution is -2.53. The van der Waals surface area contributed by atoms with E-state index in [1.54, 1.807) is 0 Å². The van der Waals surface area contributed by atoms with Crippen molar-refractivity contribution in [2.24, 2.45) is 10.9 Å². The first-order valence-corrected chi connectivity index (χ1v) is 9.03. The Balaban J connectivity index is 2.14. The second kappa shape index (κ2) is 7.02. The topological polar surface area (TPSA) is 53.0 Å². The van der Waals surface area contributed by atoms with Crippen LogP contribution in [0.2, 0.25) is 0 Å². The summed E-state index contributed by atoms with van der Waals surface area (Å²) in [4.78, 5) is 33.9. The van der Waals surface area contributed by atoms with Crippen LogP contribution in [-0.2, 0) is 9.59 Å². The zero-order chi connectivity index (χ0) is 17.2. The Morgan fingerprint density at radius 3 is 2.30 bits per heavy atom. The highest BCUT2D eigenvalue weighted by atomic mass is 16.2. The monoisotopic (exact) mass is 321 g/mol. The average molecular weight is 321 g/mol. The van der Waals surface area contributed by atoms with Crippen molar-refractivity contribution in [2.45, 2.75) is 78.3 Å². The van der Waals surface area contributed by atoms with Gasteiger partial charge in [-0.2, -0.15) is 0 Å². The molecular weight excluding hydrogens is 290 g/mol. The first-order chi connectivity index (χ1) is 10.8. The molecule has 0 aromatic rings. The molecule has 0 atom stereocenters. The molecular formula is C18H31N3O2. The van der Waals surface area contributed by atoms with Crippen LogP contribution in [0.5, 0.6) is 0 Å². The van der Waals surface area contributed by atoms with E-state index in [2.05, 4.69) is 20.8 Å². The van der Waals surface area contributed by atoms with E-state index in [0.717, 1.165) is 25.1 Å². The van der Waals surface area contributed by atoms with E-state index >= 15 is 0 Å². The van der Waals surface area contributed by atoms with Gasteiger partial charge in [-0.1, -0.05) is 27.2 Å². The van der Waals surface area contributed by atoms with Crippen molar-refractivity contribution in [1.29, 1.82) is 0 Å². The van der Waals surface area contributed by atoms with E-state index < -0.39 is 5.54 Å². The minimum atomic E-state index is -0.610. The molecule has 23 heavy (non-hydrogen) atoms. The van der Waals surface area contributed by atoms with Crippen molar-refractivity contribution in [3.05, 3.63) is 0 Å². The molecule has 0 bridgehead atoms. The third-order valence-electron chi connectivity index (χ3n) is 4.90. The number of aliphatic imine (C=N–C) groups is 1. The van der Waals surface area contributed by atoms with E-state index in [1.807, 2.05) is 23.6 Å². The largest absolute Gasteiger partial charge is 0.342 e. The van der Waals surface area contributed by atoms with Gasteiger partial charge in [0.15, 0.2) is 0 Å². The number of unbranched alkanes of at least 4 members (excludes halogenated alkanes) is 1. The van der Waals surface area contributed by atoms with E-state index in [0.29, 0.717) is 25.9 Å². The van der Waals surface area contributed by atoms with Gasteiger partial charge in [0.25, 0.3) is 5.91 Å². The van der Waals surface area contributed by atoms with Crippen LogP contribution in [0.25, 0.3) is 0 Å². The summed E-state index contributed by atoms with van der Waals surface area (Å²) in [7, 11) is 0. The zero-order valence-corrected chi connectivity index (χ0v) is 15.3. The van der Waals surface area contributed by atoms with E-state index in [4.69, 9.17) is 4.99 Å². The van der Waals surface area contributed by atoms with Gasteiger partial charge in [-0.05, 0) is 33.1 Å². The van der Waals surface area contributed by atoms with Crippen molar-refractivity contribution in [3.8, 4) is 0 Å². The van der Waals surface area contributed by atoms with Crippen LogP contribution >= 0.6 is 0 Å². The van der Waals surface area contributed by atoms with Crippen molar-refractivity contribution < 1.29 is 9.59 Å². The zero-order valence-electron chi connectivity index (χ0n) is 15.3. The quantitative estimate of drug-likeness (QED) is 0.782. The van der Waals surface area contributed by atoms with E-state index in [-0.39, 0.29) is 23.8 Å². The van der Waals surface area contributed by atoms with Crippen molar-refractivity contribution in [1.82, 2.24) is 9.80 Å². The van der Waals surface area contributed by atoms with Gasteiger partial charge in [0.2, 0.25) is 5.91 Å². The number of piperidine rings is 1. The number of hydrogen-bond acceptors (Lipinski definition) is 3. The van der Waals surface area contributed by atoms with Crippen LogP contribution in [-0.4, -0.2) is 52.1 Å². The smallest absolute Gasteiger partial charge is 0.256 e. The lowest BCUT2D eigenvalue weighted by Gasteiger charge is -2.37. The molecule has 0 N–H and O–H groups in total. The lowest BCUT2D eigenvalue weighted by atomic mass is 9.87. The number of likely N-dealkylation sites (tertiary alicyclic amines) is 1. The van der Waals surface area contributed by atoms with Crippen molar-refractivity contribution in [2.75, 3.05) is 13.1 Å². The maximum absolute atomic E-state index is 13.0. The Kier molecular flexibility index (Phi) is 5.48. The maximum Gasteiger partial charge on any atom is 0.256 e. The molecule has 0 radical (unpaired) electrons. The van der Waals surface area contributed by atoms with Crippen LogP contribution in [0.15, 0.2) is 4.99 Å². The van der Waals surface area contributed by atoms with Gasteiger partial charge in [0.1, 0.15) is 11.4 Å². The van der Waals surface area contributed by atoms with Gasteiger partial charge in [-0.25, -0.2) is 0 Å². The molecule has 2 rings (SSSR count). The molecule has 5 heteroatoms. The highest BCUT2D eigenvalue weighted by Gasteiger charge is 2.50. The summed E-state index contributed by atoms with van der Waals surface area (Å²) >= 11 is 0. The molecule has 1 saturated heterocycles. The Labute approximate surface area is 140 Å². The first kappa shape index (κ1) is 18.0. The minimum Gasteiger partial charge on any atom is -0.342 e. The number of hydrogen-bond donors (Lipinski definition) is 0.